The van der Waals surface area contributed by atoms with Crippen LogP contribution in [0.15, 0.2) is 89.8 Å². The molecule has 1 fully saturated rings. The van der Waals surface area contributed by atoms with Crippen LogP contribution in [0.1, 0.15) is 32.7 Å². The maximum atomic E-state index is 12.7. The number of benzene rings is 3. The molecule has 1 saturated heterocycles. The summed E-state index contributed by atoms with van der Waals surface area (Å²) >= 11 is 3.32. The van der Waals surface area contributed by atoms with Gasteiger partial charge in [-0.2, -0.15) is 5.26 Å². The third-order valence-corrected chi connectivity index (χ3v) is 7.85. The highest BCUT2D eigenvalue weighted by molar-refractivity contribution is 8.17. The van der Waals surface area contributed by atoms with Gasteiger partial charge in [-0.1, -0.05) is 36.4 Å². The molecule has 0 aromatic heterocycles. The lowest BCUT2D eigenvalue weighted by Gasteiger charge is -2.34. The normalized spacial score (nSPS) is 19.8. The van der Waals surface area contributed by atoms with Crippen molar-refractivity contribution in [2.75, 3.05) is 5.75 Å². The minimum atomic E-state index is -0.567. The van der Waals surface area contributed by atoms with Crippen LogP contribution >= 0.6 is 23.5 Å². The Kier molecular flexibility index (Phi) is 7.71. The molecule has 0 spiro atoms. The predicted molar refractivity (Wildman–Crippen MR) is 129 cm³/mol. The molecule has 5 nitrogen and oxygen atoms in total. The Labute approximate surface area is 201 Å². The molecule has 3 aromatic rings. The topological polar surface area (TPSA) is 76.4 Å². The third kappa shape index (κ3) is 6.19. The summed E-state index contributed by atoms with van der Waals surface area (Å²) in [5.41, 5.74) is 1.53. The van der Waals surface area contributed by atoms with Crippen molar-refractivity contribution in [3.05, 3.63) is 102 Å². The van der Waals surface area contributed by atoms with E-state index in [1.807, 2.05) is 24.3 Å². The number of hydrogen-bond acceptors (Lipinski definition) is 7. The molecule has 0 amide bonds. The van der Waals surface area contributed by atoms with Crippen molar-refractivity contribution in [1.82, 2.24) is 0 Å². The lowest BCUT2D eigenvalue weighted by molar-refractivity contribution is -0.0314. The maximum absolute atomic E-state index is 12.7. The Hall–Kier alpha value is -3.21. The molecule has 4 rings (SSSR count). The fraction of sp³-hybridized carbons (Fsp3) is 0.192. The molecule has 1 heterocycles. The van der Waals surface area contributed by atoms with Crippen LogP contribution in [0.5, 0.6) is 0 Å². The number of rotatable bonds is 6. The number of ether oxygens (including phenoxy) is 2. The van der Waals surface area contributed by atoms with Gasteiger partial charge in [0, 0.05) is 17.1 Å². The molecule has 0 N–H and O–H groups in total. The minimum absolute atomic E-state index is 0.109. The average Bonchev–Trinajstić information content (AvgIpc) is 2.87. The summed E-state index contributed by atoms with van der Waals surface area (Å²) in [5, 5.41) is 9.00. The van der Waals surface area contributed by atoms with E-state index < -0.39 is 24.1 Å². The molecule has 0 aliphatic carbocycles. The SMILES string of the molecule is N#Cc1ccc(SC2C[C@@H](OC(=O)c3ccccc3)[C@H](OC(=O)c3ccccc3)CS2)cc1. The van der Waals surface area contributed by atoms with Crippen LogP contribution in [0.4, 0.5) is 0 Å². The summed E-state index contributed by atoms with van der Waals surface area (Å²) in [5.74, 6) is -0.352. The standard InChI is InChI=1S/C26H21NO4S2/c27-16-18-11-13-21(14-12-18)33-24-15-22(30-25(28)19-7-3-1-4-8-19)23(17-32-24)31-26(29)20-9-5-2-6-10-20/h1-14,22-24H,15,17H2/t22-,23-,24?/m1/s1. The van der Waals surface area contributed by atoms with Crippen molar-refractivity contribution in [2.24, 2.45) is 0 Å². The quantitative estimate of drug-likeness (QED) is 0.432. The van der Waals surface area contributed by atoms with Crippen LogP contribution in [-0.4, -0.2) is 34.5 Å². The zero-order valence-electron chi connectivity index (χ0n) is 17.6. The molecule has 166 valence electrons. The van der Waals surface area contributed by atoms with E-state index in [2.05, 4.69) is 6.07 Å². The monoisotopic (exact) mass is 475 g/mol. The second-order valence-electron chi connectivity index (χ2n) is 7.37. The van der Waals surface area contributed by atoms with E-state index >= 15 is 0 Å². The highest BCUT2D eigenvalue weighted by Crippen LogP contribution is 2.40. The second-order valence-corrected chi connectivity index (χ2v) is 10.2. The van der Waals surface area contributed by atoms with Crippen molar-refractivity contribution in [3.63, 3.8) is 0 Å². The molecule has 1 aliphatic rings. The van der Waals surface area contributed by atoms with Gasteiger partial charge in [0.05, 0.1) is 27.3 Å². The van der Waals surface area contributed by atoms with Crippen molar-refractivity contribution in [2.45, 2.75) is 28.1 Å². The lowest BCUT2D eigenvalue weighted by atomic mass is 10.1. The molecule has 0 saturated carbocycles. The smallest absolute Gasteiger partial charge is 0.338 e. The highest BCUT2D eigenvalue weighted by Gasteiger charge is 2.37. The van der Waals surface area contributed by atoms with E-state index in [0.717, 1.165) is 4.90 Å². The molecule has 0 radical (unpaired) electrons. The van der Waals surface area contributed by atoms with Gasteiger partial charge >= 0.3 is 11.9 Å². The van der Waals surface area contributed by atoms with Crippen molar-refractivity contribution >= 4 is 35.5 Å². The first kappa shape index (κ1) is 23.0. The van der Waals surface area contributed by atoms with Crippen molar-refractivity contribution in [3.8, 4) is 6.07 Å². The van der Waals surface area contributed by atoms with Gasteiger partial charge in [0.1, 0.15) is 12.2 Å². The number of carbonyl (C=O) groups is 2. The Morgan fingerprint density at radius 3 is 1.91 bits per heavy atom. The molecule has 0 bridgehead atoms. The van der Waals surface area contributed by atoms with Gasteiger partial charge in [0.2, 0.25) is 0 Å². The van der Waals surface area contributed by atoms with E-state index in [1.54, 1.807) is 84.2 Å². The highest BCUT2D eigenvalue weighted by atomic mass is 32.2. The van der Waals surface area contributed by atoms with E-state index in [0.29, 0.717) is 28.9 Å². The fourth-order valence-electron chi connectivity index (χ4n) is 3.35. The van der Waals surface area contributed by atoms with Gasteiger partial charge in [-0.25, -0.2) is 9.59 Å². The number of thioether (sulfide) groups is 2. The molecule has 7 heteroatoms. The van der Waals surface area contributed by atoms with E-state index in [1.165, 1.54) is 0 Å². The van der Waals surface area contributed by atoms with E-state index in [9.17, 15) is 9.59 Å². The maximum Gasteiger partial charge on any atom is 0.338 e. The van der Waals surface area contributed by atoms with Gasteiger partial charge in [0.25, 0.3) is 0 Å². The molecule has 33 heavy (non-hydrogen) atoms. The Balaban J connectivity index is 1.47. The first-order chi connectivity index (χ1) is 16.1. The van der Waals surface area contributed by atoms with E-state index in [-0.39, 0.29) is 4.58 Å². The summed E-state index contributed by atoms with van der Waals surface area (Å²) < 4.78 is 11.7. The summed E-state index contributed by atoms with van der Waals surface area (Å²) in [6, 6.07) is 27.1. The molecular weight excluding hydrogens is 454 g/mol. The predicted octanol–water partition coefficient (Wildman–Crippen LogP) is 5.56. The largest absolute Gasteiger partial charge is 0.455 e. The first-order valence-electron chi connectivity index (χ1n) is 10.4. The number of nitriles is 1. The Morgan fingerprint density at radius 2 is 1.36 bits per heavy atom. The van der Waals surface area contributed by atoms with Crippen LogP contribution in [0.2, 0.25) is 0 Å². The van der Waals surface area contributed by atoms with Crippen LogP contribution < -0.4 is 0 Å². The molecule has 3 aromatic carbocycles. The second kappa shape index (κ2) is 11.1. The van der Waals surface area contributed by atoms with Crippen LogP contribution in [0.3, 0.4) is 0 Å². The van der Waals surface area contributed by atoms with Gasteiger partial charge in [-0.05, 0) is 48.5 Å². The Bertz CT molecular complexity index is 1130. The van der Waals surface area contributed by atoms with Crippen LogP contribution in [0.25, 0.3) is 0 Å². The molecular formula is C26H21NO4S2. The average molecular weight is 476 g/mol. The van der Waals surface area contributed by atoms with Crippen LogP contribution in [0, 0.1) is 11.3 Å². The number of carbonyl (C=O) groups excluding carboxylic acids is 2. The van der Waals surface area contributed by atoms with Crippen molar-refractivity contribution < 1.29 is 19.1 Å². The lowest BCUT2D eigenvalue weighted by Crippen LogP contribution is -2.42. The molecule has 3 atom stereocenters. The molecule has 1 unspecified atom stereocenters. The summed E-state index contributed by atoms with van der Waals surface area (Å²) in [6.07, 6.45) is -0.587. The fourth-order valence-corrected chi connectivity index (χ4v) is 6.09. The Morgan fingerprint density at radius 1 is 0.818 bits per heavy atom. The zero-order chi connectivity index (χ0) is 23.0. The summed E-state index contributed by atoms with van der Waals surface area (Å²) in [4.78, 5) is 26.4. The van der Waals surface area contributed by atoms with Crippen molar-refractivity contribution in [1.29, 1.82) is 5.26 Å². The third-order valence-electron chi connectivity index (χ3n) is 5.07. The van der Waals surface area contributed by atoms with Gasteiger partial charge in [-0.15, -0.1) is 23.5 Å². The van der Waals surface area contributed by atoms with Crippen LogP contribution in [-0.2, 0) is 9.47 Å². The van der Waals surface area contributed by atoms with Gasteiger partial charge in [-0.3, -0.25) is 0 Å². The van der Waals surface area contributed by atoms with Gasteiger partial charge < -0.3 is 9.47 Å². The van der Waals surface area contributed by atoms with Gasteiger partial charge in [0.15, 0.2) is 0 Å². The zero-order valence-corrected chi connectivity index (χ0v) is 19.3. The summed E-state index contributed by atoms with van der Waals surface area (Å²) in [7, 11) is 0. The number of nitrogens with zero attached hydrogens (tertiary/aromatic N) is 1. The summed E-state index contributed by atoms with van der Waals surface area (Å²) in [6.45, 7) is 0. The number of esters is 2. The first-order valence-corrected chi connectivity index (χ1v) is 12.4. The number of hydrogen-bond donors (Lipinski definition) is 0. The van der Waals surface area contributed by atoms with E-state index in [4.69, 9.17) is 14.7 Å². The molecule has 1 aliphatic heterocycles. The minimum Gasteiger partial charge on any atom is -0.455 e.